The molecule has 0 bridgehead atoms. The van der Waals surface area contributed by atoms with Gasteiger partial charge in [-0.2, -0.15) is 0 Å². The lowest BCUT2D eigenvalue weighted by molar-refractivity contribution is -0.140. The molecule has 0 radical (unpaired) electrons. The van der Waals surface area contributed by atoms with E-state index in [2.05, 4.69) is 5.32 Å². The van der Waals surface area contributed by atoms with Crippen LogP contribution in [0.5, 0.6) is 0 Å². The predicted molar refractivity (Wildman–Crippen MR) is 109 cm³/mol. The standard InChI is InChI=1S/C22H27N3O3/c1-17-8-10-19(11-9-17)23-22(2,18-6-4-3-5-7-18)21(28)25-14-12-24(13-15-25)16-20(26)27/h3-11,23H,12-16H2,1-2H3,(H,26,27). The number of aryl methyl sites for hydroxylation is 1. The number of carboxylic acids is 1. The molecule has 0 aliphatic carbocycles. The van der Waals surface area contributed by atoms with E-state index >= 15 is 0 Å². The number of rotatable bonds is 6. The third-order valence-corrected chi connectivity index (χ3v) is 5.24. The second-order valence-corrected chi connectivity index (χ2v) is 7.44. The molecular weight excluding hydrogens is 354 g/mol. The first-order valence-electron chi connectivity index (χ1n) is 9.52. The van der Waals surface area contributed by atoms with Crippen LogP contribution in [-0.2, 0) is 15.1 Å². The summed E-state index contributed by atoms with van der Waals surface area (Å²) in [6, 6.07) is 17.7. The molecule has 1 amide bonds. The van der Waals surface area contributed by atoms with Crippen molar-refractivity contribution in [3.8, 4) is 0 Å². The Morgan fingerprint density at radius 2 is 1.61 bits per heavy atom. The quantitative estimate of drug-likeness (QED) is 0.805. The van der Waals surface area contributed by atoms with Crippen LogP contribution in [0.25, 0.3) is 0 Å². The van der Waals surface area contributed by atoms with Gasteiger partial charge in [-0.1, -0.05) is 48.0 Å². The van der Waals surface area contributed by atoms with Gasteiger partial charge in [-0.25, -0.2) is 0 Å². The topological polar surface area (TPSA) is 72.9 Å². The summed E-state index contributed by atoms with van der Waals surface area (Å²) in [6.45, 7) is 6.12. The molecule has 1 atom stereocenters. The van der Waals surface area contributed by atoms with Crippen molar-refractivity contribution in [2.45, 2.75) is 19.4 Å². The minimum Gasteiger partial charge on any atom is -0.480 e. The monoisotopic (exact) mass is 381 g/mol. The van der Waals surface area contributed by atoms with Gasteiger partial charge in [-0.15, -0.1) is 0 Å². The number of amides is 1. The van der Waals surface area contributed by atoms with E-state index in [1.165, 1.54) is 0 Å². The third-order valence-electron chi connectivity index (χ3n) is 5.24. The molecule has 3 rings (SSSR count). The van der Waals surface area contributed by atoms with Gasteiger partial charge in [0.15, 0.2) is 0 Å². The zero-order chi connectivity index (χ0) is 20.1. The maximum Gasteiger partial charge on any atom is 0.317 e. The van der Waals surface area contributed by atoms with Crippen LogP contribution in [-0.4, -0.2) is 59.5 Å². The Balaban J connectivity index is 1.82. The molecule has 2 aromatic carbocycles. The second-order valence-electron chi connectivity index (χ2n) is 7.44. The highest BCUT2D eigenvalue weighted by Gasteiger charge is 2.39. The first-order valence-corrected chi connectivity index (χ1v) is 9.52. The number of nitrogens with zero attached hydrogens (tertiary/aromatic N) is 2. The molecule has 0 aromatic heterocycles. The van der Waals surface area contributed by atoms with E-state index in [1.807, 2.05) is 78.2 Å². The number of carboxylic acid groups (broad SMARTS) is 1. The molecule has 2 aromatic rings. The first-order chi connectivity index (χ1) is 13.4. The second kappa shape index (κ2) is 8.44. The average Bonchev–Trinajstić information content (AvgIpc) is 2.70. The fraction of sp³-hybridized carbons (Fsp3) is 0.364. The number of hydrogen-bond donors (Lipinski definition) is 2. The molecule has 1 aliphatic heterocycles. The van der Waals surface area contributed by atoms with Crippen molar-refractivity contribution in [3.05, 3.63) is 65.7 Å². The largest absolute Gasteiger partial charge is 0.480 e. The molecule has 0 saturated carbocycles. The van der Waals surface area contributed by atoms with Gasteiger partial charge in [0.25, 0.3) is 5.91 Å². The number of carbonyl (C=O) groups is 2. The van der Waals surface area contributed by atoms with Crippen LogP contribution in [0, 0.1) is 6.92 Å². The van der Waals surface area contributed by atoms with E-state index < -0.39 is 11.5 Å². The van der Waals surface area contributed by atoms with E-state index in [9.17, 15) is 9.59 Å². The minimum atomic E-state index is -0.911. The number of nitrogens with one attached hydrogen (secondary N) is 1. The van der Waals surface area contributed by atoms with Gasteiger partial charge >= 0.3 is 5.97 Å². The fourth-order valence-electron chi connectivity index (χ4n) is 3.56. The van der Waals surface area contributed by atoms with Gasteiger partial charge in [0.1, 0.15) is 5.54 Å². The smallest absolute Gasteiger partial charge is 0.317 e. The molecule has 28 heavy (non-hydrogen) atoms. The Bertz CT molecular complexity index is 815. The summed E-state index contributed by atoms with van der Waals surface area (Å²) >= 11 is 0. The SMILES string of the molecule is Cc1ccc(NC(C)(C(=O)N2CCN(CC(=O)O)CC2)c2ccccc2)cc1. The number of carbonyl (C=O) groups excluding carboxylic acids is 1. The van der Waals surface area contributed by atoms with E-state index in [0.717, 1.165) is 16.8 Å². The molecule has 6 nitrogen and oxygen atoms in total. The molecule has 148 valence electrons. The van der Waals surface area contributed by atoms with E-state index in [1.54, 1.807) is 0 Å². The van der Waals surface area contributed by atoms with Crippen LogP contribution in [0.3, 0.4) is 0 Å². The van der Waals surface area contributed by atoms with E-state index in [0.29, 0.717) is 26.2 Å². The molecule has 1 aliphatic rings. The van der Waals surface area contributed by atoms with Crippen LogP contribution in [0.15, 0.2) is 54.6 Å². The molecule has 1 fully saturated rings. The Labute approximate surface area is 165 Å². The van der Waals surface area contributed by atoms with Crippen molar-refractivity contribution < 1.29 is 14.7 Å². The number of aliphatic carboxylic acids is 1. The molecule has 2 N–H and O–H groups in total. The molecule has 1 unspecified atom stereocenters. The summed E-state index contributed by atoms with van der Waals surface area (Å²) < 4.78 is 0. The van der Waals surface area contributed by atoms with E-state index in [4.69, 9.17) is 5.11 Å². The Morgan fingerprint density at radius 3 is 2.18 bits per heavy atom. The highest BCUT2D eigenvalue weighted by molar-refractivity contribution is 5.90. The lowest BCUT2D eigenvalue weighted by atomic mass is 9.89. The summed E-state index contributed by atoms with van der Waals surface area (Å²) in [7, 11) is 0. The van der Waals surface area contributed by atoms with Gasteiger partial charge in [0.05, 0.1) is 6.54 Å². The van der Waals surface area contributed by atoms with Crippen LogP contribution >= 0.6 is 0 Å². The van der Waals surface area contributed by atoms with E-state index in [-0.39, 0.29) is 12.5 Å². The van der Waals surface area contributed by atoms with Crippen molar-refractivity contribution in [2.24, 2.45) is 0 Å². The minimum absolute atomic E-state index is 0.00532. The first kappa shape index (κ1) is 19.9. The molecule has 6 heteroatoms. The van der Waals surface area contributed by atoms with Crippen molar-refractivity contribution in [1.82, 2.24) is 9.80 Å². The third kappa shape index (κ3) is 4.51. The molecule has 1 heterocycles. The van der Waals surface area contributed by atoms with Crippen molar-refractivity contribution in [3.63, 3.8) is 0 Å². The predicted octanol–water partition coefficient (Wildman–Crippen LogP) is 2.55. The maximum atomic E-state index is 13.5. The van der Waals surface area contributed by atoms with Gasteiger partial charge in [-0.3, -0.25) is 14.5 Å². The number of piperazine rings is 1. The van der Waals surface area contributed by atoms with Gasteiger partial charge in [0, 0.05) is 31.9 Å². The van der Waals surface area contributed by atoms with Gasteiger partial charge < -0.3 is 15.3 Å². The van der Waals surface area contributed by atoms with Crippen molar-refractivity contribution >= 4 is 17.6 Å². The summed E-state index contributed by atoms with van der Waals surface area (Å²) in [4.78, 5) is 28.2. The van der Waals surface area contributed by atoms with Crippen LogP contribution in [0.4, 0.5) is 5.69 Å². The van der Waals surface area contributed by atoms with Crippen LogP contribution in [0.2, 0.25) is 0 Å². The van der Waals surface area contributed by atoms with Gasteiger partial charge in [-0.05, 0) is 31.5 Å². The fourth-order valence-corrected chi connectivity index (χ4v) is 3.56. The zero-order valence-electron chi connectivity index (χ0n) is 16.4. The van der Waals surface area contributed by atoms with Crippen molar-refractivity contribution in [2.75, 3.05) is 38.0 Å². The maximum absolute atomic E-state index is 13.5. The highest BCUT2D eigenvalue weighted by atomic mass is 16.4. The van der Waals surface area contributed by atoms with Crippen LogP contribution < -0.4 is 5.32 Å². The number of anilines is 1. The molecular formula is C22H27N3O3. The summed E-state index contributed by atoms with van der Waals surface area (Å²) in [5.74, 6) is -0.843. The highest BCUT2D eigenvalue weighted by Crippen LogP contribution is 2.29. The Kier molecular flexibility index (Phi) is 5.99. The molecule has 0 spiro atoms. The summed E-state index contributed by atoms with van der Waals surface area (Å²) in [5.41, 5.74) is 2.03. The Hall–Kier alpha value is -2.86. The normalized spacial score (nSPS) is 17.0. The number of benzene rings is 2. The van der Waals surface area contributed by atoms with Crippen LogP contribution in [0.1, 0.15) is 18.1 Å². The Morgan fingerprint density at radius 1 is 1.00 bits per heavy atom. The molecule has 1 saturated heterocycles. The summed E-state index contributed by atoms with van der Waals surface area (Å²) in [6.07, 6.45) is 0. The zero-order valence-corrected chi connectivity index (χ0v) is 16.4. The lowest BCUT2D eigenvalue weighted by Crippen LogP contribution is -2.56. The lowest BCUT2D eigenvalue weighted by Gasteiger charge is -2.40. The van der Waals surface area contributed by atoms with Crippen molar-refractivity contribution in [1.29, 1.82) is 0 Å². The van der Waals surface area contributed by atoms with Gasteiger partial charge in [0.2, 0.25) is 0 Å². The average molecular weight is 381 g/mol. The number of hydrogen-bond acceptors (Lipinski definition) is 4. The summed E-state index contributed by atoms with van der Waals surface area (Å²) in [5, 5.41) is 12.4.